The van der Waals surface area contributed by atoms with E-state index in [4.69, 9.17) is 4.74 Å². The molecular formula is C24H27F5N2O2. The molecule has 3 rings (SSSR count). The van der Waals surface area contributed by atoms with Gasteiger partial charge in [0.2, 0.25) is 0 Å². The molecule has 1 fully saturated rings. The third-order valence-corrected chi connectivity index (χ3v) is 5.42. The Hall–Kier alpha value is -2.52. The van der Waals surface area contributed by atoms with Crippen molar-refractivity contribution < 1.29 is 31.5 Å². The van der Waals surface area contributed by atoms with Gasteiger partial charge in [-0.2, -0.15) is 13.2 Å². The fourth-order valence-electron chi connectivity index (χ4n) is 3.85. The first-order valence-corrected chi connectivity index (χ1v) is 10.8. The van der Waals surface area contributed by atoms with Crippen molar-refractivity contribution in [2.24, 2.45) is 5.92 Å². The van der Waals surface area contributed by atoms with E-state index in [0.29, 0.717) is 26.2 Å². The molecule has 4 nitrogen and oxygen atoms in total. The number of alkyl halides is 3. The Morgan fingerprint density at radius 3 is 2.33 bits per heavy atom. The monoisotopic (exact) mass is 470 g/mol. The summed E-state index contributed by atoms with van der Waals surface area (Å²) in [6.45, 7) is 5.74. The molecule has 0 N–H and O–H groups in total. The van der Waals surface area contributed by atoms with Crippen molar-refractivity contribution in [3.05, 3.63) is 70.8 Å². The Bertz CT molecular complexity index is 927. The molecule has 0 radical (unpaired) electrons. The number of hydrogen-bond acceptors (Lipinski definition) is 3. The lowest BCUT2D eigenvalue weighted by molar-refractivity contribution is -0.137. The largest absolute Gasteiger partial charge is 0.416 e. The molecule has 9 heteroatoms. The first-order valence-electron chi connectivity index (χ1n) is 10.8. The van der Waals surface area contributed by atoms with Crippen molar-refractivity contribution in [3.63, 3.8) is 0 Å². The highest BCUT2D eigenvalue weighted by molar-refractivity contribution is 5.94. The zero-order valence-corrected chi connectivity index (χ0v) is 18.5. The van der Waals surface area contributed by atoms with Gasteiger partial charge in [-0.05, 0) is 42.3 Å². The van der Waals surface area contributed by atoms with Crippen molar-refractivity contribution in [2.45, 2.75) is 32.7 Å². The van der Waals surface area contributed by atoms with E-state index in [2.05, 4.69) is 0 Å². The predicted octanol–water partition coefficient (Wildman–Crippen LogP) is 4.98. The molecule has 2 aromatic carbocycles. The molecule has 1 heterocycles. The van der Waals surface area contributed by atoms with E-state index in [1.807, 2.05) is 18.7 Å². The van der Waals surface area contributed by atoms with Gasteiger partial charge in [0.05, 0.1) is 18.3 Å². The van der Waals surface area contributed by atoms with Crippen molar-refractivity contribution >= 4 is 5.91 Å². The van der Waals surface area contributed by atoms with Crippen LogP contribution in [-0.4, -0.2) is 54.6 Å². The van der Waals surface area contributed by atoms with Gasteiger partial charge in [-0.25, -0.2) is 8.78 Å². The van der Waals surface area contributed by atoms with E-state index in [1.165, 1.54) is 30.3 Å². The lowest BCUT2D eigenvalue weighted by Crippen LogP contribution is -2.49. The van der Waals surface area contributed by atoms with Gasteiger partial charge in [-0.1, -0.05) is 19.9 Å². The number of carbonyl (C=O) groups is 1. The molecule has 0 bridgehead atoms. The van der Waals surface area contributed by atoms with E-state index in [-0.39, 0.29) is 30.1 Å². The minimum Gasteiger partial charge on any atom is -0.374 e. The molecule has 1 aliphatic rings. The smallest absolute Gasteiger partial charge is 0.374 e. The second-order valence-electron chi connectivity index (χ2n) is 8.61. The third-order valence-electron chi connectivity index (χ3n) is 5.42. The van der Waals surface area contributed by atoms with Crippen LogP contribution in [0.3, 0.4) is 0 Å². The Morgan fingerprint density at radius 2 is 1.76 bits per heavy atom. The molecule has 0 aliphatic carbocycles. The van der Waals surface area contributed by atoms with Crippen LogP contribution in [0.1, 0.15) is 35.3 Å². The van der Waals surface area contributed by atoms with Gasteiger partial charge < -0.3 is 9.64 Å². The molecule has 0 spiro atoms. The normalized spacial score (nSPS) is 17.4. The quantitative estimate of drug-likeness (QED) is 0.535. The average Bonchev–Trinajstić information content (AvgIpc) is 2.75. The minimum absolute atomic E-state index is 0.0157. The van der Waals surface area contributed by atoms with Crippen LogP contribution in [0.4, 0.5) is 22.0 Å². The Labute approximate surface area is 189 Å². The van der Waals surface area contributed by atoms with Gasteiger partial charge in [-0.15, -0.1) is 0 Å². The van der Waals surface area contributed by atoms with Crippen LogP contribution in [0.15, 0.2) is 42.5 Å². The summed E-state index contributed by atoms with van der Waals surface area (Å²) in [7, 11) is 0. The number of carbonyl (C=O) groups excluding carboxylic acids is 1. The molecule has 180 valence electrons. The highest BCUT2D eigenvalue weighted by Crippen LogP contribution is 2.29. The average molecular weight is 470 g/mol. The number of morpholine rings is 1. The second-order valence-corrected chi connectivity index (χ2v) is 8.61. The van der Waals surface area contributed by atoms with Crippen LogP contribution < -0.4 is 0 Å². The summed E-state index contributed by atoms with van der Waals surface area (Å²) in [5.41, 5.74) is -0.677. The molecule has 2 aromatic rings. The summed E-state index contributed by atoms with van der Waals surface area (Å²) < 4.78 is 72.4. The van der Waals surface area contributed by atoms with Gasteiger partial charge in [0.15, 0.2) is 0 Å². The number of ether oxygens (including phenoxy) is 1. The molecule has 1 aliphatic heterocycles. The van der Waals surface area contributed by atoms with E-state index in [9.17, 15) is 26.7 Å². The van der Waals surface area contributed by atoms with Gasteiger partial charge in [0.1, 0.15) is 11.6 Å². The standard InChI is InChI=1S/C24H27F5N2O2/c1-16(2)12-31(23(32)17-6-8-18(9-7-17)24(27,28)29)14-19-13-30(10-11-33-19)15-20-21(25)4-3-5-22(20)26/h3-9,16,19H,10-15H2,1-2H3/t19-/m1/s1. The molecule has 0 saturated carbocycles. The minimum atomic E-state index is -4.48. The van der Waals surface area contributed by atoms with E-state index < -0.39 is 35.4 Å². The lowest BCUT2D eigenvalue weighted by atomic mass is 10.1. The molecular weight excluding hydrogens is 443 g/mol. The number of benzene rings is 2. The summed E-state index contributed by atoms with van der Waals surface area (Å²) in [6.07, 6.45) is -4.87. The summed E-state index contributed by atoms with van der Waals surface area (Å²) in [4.78, 5) is 16.5. The van der Waals surface area contributed by atoms with Crippen LogP contribution in [0.5, 0.6) is 0 Å². The van der Waals surface area contributed by atoms with E-state index in [1.54, 1.807) is 4.90 Å². The zero-order chi connectivity index (χ0) is 24.2. The number of halogens is 5. The topological polar surface area (TPSA) is 32.8 Å². The maximum Gasteiger partial charge on any atom is 0.416 e. The van der Waals surface area contributed by atoms with Crippen molar-refractivity contribution in [2.75, 3.05) is 32.8 Å². The second kappa shape index (κ2) is 10.6. The number of rotatable bonds is 7. The van der Waals surface area contributed by atoms with Gasteiger partial charge in [0.25, 0.3) is 5.91 Å². The highest BCUT2D eigenvalue weighted by Gasteiger charge is 2.31. The first kappa shape index (κ1) is 25.1. The molecule has 1 atom stereocenters. The predicted molar refractivity (Wildman–Crippen MR) is 114 cm³/mol. The van der Waals surface area contributed by atoms with E-state index >= 15 is 0 Å². The molecule has 1 amide bonds. The Balaban J connectivity index is 1.69. The molecule has 1 saturated heterocycles. The maximum absolute atomic E-state index is 14.0. The summed E-state index contributed by atoms with van der Waals surface area (Å²) in [5, 5.41) is 0. The van der Waals surface area contributed by atoms with Gasteiger partial charge in [0, 0.05) is 43.9 Å². The number of hydrogen-bond donors (Lipinski definition) is 0. The Morgan fingerprint density at radius 1 is 1.12 bits per heavy atom. The summed E-state index contributed by atoms with van der Waals surface area (Å²) in [5.74, 6) is -1.50. The van der Waals surface area contributed by atoms with Crippen LogP contribution in [0.25, 0.3) is 0 Å². The van der Waals surface area contributed by atoms with Gasteiger partial charge in [-0.3, -0.25) is 9.69 Å². The third kappa shape index (κ3) is 6.74. The van der Waals surface area contributed by atoms with Gasteiger partial charge >= 0.3 is 6.18 Å². The van der Waals surface area contributed by atoms with Crippen molar-refractivity contribution in [3.8, 4) is 0 Å². The molecule has 0 aromatic heterocycles. The molecule has 33 heavy (non-hydrogen) atoms. The van der Waals surface area contributed by atoms with Crippen LogP contribution in [0, 0.1) is 17.6 Å². The summed E-state index contributed by atoms with van der Waals surface area (Å²) >= 11 is 0. The highest BCUT2D eigenvalue weighted by atomic mass is 19.4. The molecule has 0 unspecified atom stereocenters. The fourth-order valence-corrected chi connectivity index (χ4v) is 3.85. The SMILES string of the molecule is CC(C)CN(C[C@H]1CN(Cc2c(F)cccc2F)CCO1)C(=O)c1ccc(C(F)(F)F)cc1. The van der Waals surface area contributed by atoms with Crippen molar-refractivity contribution in [1.29, 1.82) is 0 Å². The zero-order valence-electron chi connectivity index (χ0n) is 18.5. The number of nitrogens with zero attached hydrogens (tertiary/aromatic N) is 2. The maximum atomic E-state index is 14.0. The van der Waals surface area contributed by atoms with Crippen LogP contribution in [0.2, 0.25) is 0 Å². The van der Waals surface area contributed by atoms with Crippen LogP contribution >= 0.6 is 0 Å². The van der Waals surface area contributed by atoms with Crippen molar-refractivity contribution in [1.82, 2.24) is 9.80 Å². The van der Waals surface area contributed by atoms with E-state index in [0.717, 1.165) is 12.1 Å². The van der Waals surface area contributed by atoms with Crippen LogP contribution in [-0.2, 0) is 17.5 Å². The first-order chi connectivity index (χ1) is 15.5. The lowest BCUT2D eigenvalue weighted by Gasteiger charge is -2.36. The fraction of sp³-hybridized carbons (Fsp3) is 0.458. The Kier molecular flexibility index (Phi) is 8.07. The number of amides is 1. The summed E-state index contributed by atoms with van der Waals surface area (Å²) in [6, 6.07) is 7.87.